The largest absolute Gasteiger partial charge is 0.466 e. The standard InChI is InChI=1S/C14H25NO/c1-2-3-5-8-13-10-11-14(16-13)9-6-4-7-12-15/h10-11H,2-9,12,15H2,1H3. The Balaban J connectivity index is 2.17. The van der Waals surface area contributed by atoms with Crippen molar-refractivity contribution >= 4 is 0 Å². The van der Waals surface area contributed by atoms with Crippen LogP contribution in [0.15, 0.2) is 16.5 Å². The first-order chi connectivity index (χ1) is 7.86. The third-order valence-electron chi connectivity index (χ3n) is 2.87. The second-order valence-corrected chi connectivity index (χ2v) is 4.42. The fraction of sp³-hybridized carbons (Fsp3) is 0.714. The number of aryl methyl sites for hydroxylation is 2. The van der Waals surface area contributed by atoms with Crippen molar-refractivity contribution in [3.8, 4) is 0 Å². The number of unbranched alkanes of at least 4 members (excludes halogenated alkanes) is 4. The van der Waals surface area contributed by atoms with Crippen LogP contribution >= 0.6 is 0 Å². The summed E-state index contributed by atoms with van der Waals surface area (Å²) < 4.78 is 5.78. The van der Waals surface area contributed by atoms with Gasteiger partial charge in [0.1, 0.15) is 11.5 Å². The Labute approximate surface area is 99.2 Å². The van der Waals surface area contributed by atoms with E-state index in [-0.39, 0.29) is 0 Å². The molecule has 0 radical (unpaired) electrons. The van der Waals surface area contributed by atoms with Crippen molar-refractivity contribution in [3.05, 3.63) is 23.7 Å². The fourth-order valence-electron chi connectivity index (χ4n) is 1.86. The van der Waals surface area contributed by atoms with Crippen LogP contribution in [0.2, 0.25) is 0 Å². The highest BCUT2D eigenvalue weighted by Gasteiger charge is 2.01. The zero-order valence-electron chi connectivity index (χ0n) is 10.5. The van der Waals surface area contributed by atoms with Gasteiger partial charge in [0.15, 0.2) is 0 Å². The maximum atomic E-state index is 5.78. The van der Waals surface area contributed by atoms with Crippen LogP contribution in [0.5, 0.6) is 0 Å². The van der Waals surface area contributed by atoms with Gasteiger partial charge in [-0.15, -0.1) is 0 Å². The van der Waals surface area contributed by atoms with Gasteiger partial charge in [-0.3, -0.25) is 0 Å². The molecular formula is C14H25NO. The van der Waals surface area contributed by atoms with Gasteiger partial charge in [-0.25, -0.2) is 0 Å². The van der Waals surface area contributed by atoms with E-state index in [0.29, 0.717) is 0 Å². The number of nitrogens with two attached hydrogens (primary N) is 1. The van der Waals surface area contributed by atoms with Gasteiger partial charge in [0.25, 0.3) is 0 Å². The molecule has 0 saturated carbocycles. The smallest absolute Gasteiger partial charge is 0.104 e. The molecule has 0 bridgehead atoms. The zero-order chi connectivity index (χ0) is 11.6. The molecule has 2 nitrogen and oxygen atoms in total. The molecule has 16 heavy (non-hydrogen) atoms. The lowest BCUT2D eigenvalue weighted by atomic mass is 10.1. The van der Waals surface area contributed by atoms with Crippen LogP contribution in [0.25, 0.3) is 0 Å². The van der Waals surface area contributed by atoms with E-state index in [9.17, 15) is 0 Å². The Bertz CT molecular complexity index is 267. The third-order valence-corrected chi connectivity index (χ3v) is 2.87. The molecule has 0 aliphatic rings. The van der Waals surface area contributed by atoms with Crippen LogP contribution < -0.4 is 5.73 Å². The molecule has 1 heterocycles. The van der Waals surface area contributed by atoms with Gasteiger partial charge in [0, 0.05) is 12.8 Å². The molecule has 0 aromatic carbocycles. The molecule has 0 aliphatic heterocycles. The number of furan rings is 1. The summed E-state index contributed by atoms with van der Waals surface area (Å²) in [6.07, 6.45) is 9.51. The van der Waals surface area contributed by atoms with Gasteiger partial charge in [0.2, 0.25) is 0 Å². The molecule has 1 rings (SSSR count). The Morgan fingerprint density at radius 3 is 2.12 bits per heavy atom. The van der Waals surface area contributed by atoms with E-state index in [0.717, 1.165) is 37.3 Å². The molecule has 1 aromatic heterocycles. The van der Waals surface area contributed by atoms with Crippen LogP contribution in [0.1, 0.15) is 57.0 Å². The SMILES string of the molecule is CCCCCc1ccc(CCCCCN)o1. The van der Waals surface area contributed by atoms with E-state index >= 15 is 0 Å². The molecule has 0 atom stereocenters. The molecule has 0 fully saturated rings. The monoisotopic (exact) mass is 223 g/mol. The Morgan fingerprint density at radius 2 is 1.56 bits per heavy atom. The molecule has 0 amide bonds. The molecule has 2 heteroatoms. The summed E-state index contributed by atoms with van der Waals surface area (Å²) in [5.41, 5.74) is 5.46. The summed E-state index contributed by atoms with van der Waals surface area (Å²) >= 11 is 0. The van der Waals surface area contributed by atoms with Gasteiger partial charge < -0.3 is 10.2 Å². The molecule has 92 valence electrons. The first kappa shape index (κ1) is 13.3. The average Bonchev–Trinajstić information content (AvgIpc) is 2.73. The minimum atomic E-state index is 0.806. The first-order valence-corrected chi connectivity index (χ1v) is 6.64. The molecule has 0 unspecified atom stereocenters. The van der Waals surface area contributed by atoms with Gasteiger partial charge >= 0.3 is 0 Å². The van der Waals surface area contributed by atoms with Crippen molar-refractivity contribution < 1.29 is 4.42 Å². The predicted octanol–water partition coefficient (Wildman–Crippen LogP) is 3.68. The predicted molar refractivity (Wildman–Crippen MR) is 68.5 cm³/mol. The van der Waals surface area contributed by atoms with Crippen molar-refractivity contribution in [2.75, 3.05) is 6.54 Å². The topological polar surface area (TPSA) is 39.2 Å². The highest BCUT2D eigenvalue weighted by atomic mass is 16.3. The number of rotatable bonds is 9. The van der Waals surface area contributed by atoms with Crippen molar-refractivity contribution in [1.82, 2.24) is 0 Å². The van der Waals surface area contributed by atoms with E-state index in [1.807, 2.05) is 0 Å². The van der Waals surface area contributed by atoms with Crippen molar-refractivity contribution in [2.24, 2.45) is 5.73 Å². The summed E-state index contributed by atoms with van der Waals surface area (Å²) in [5.74, 6) is 2.30. The Morgan fingerprint density at radius 1 is 0.938 bits per heavy atom. The van der Waals surface area contributed by atoms with Gasteiger partial charge in [0.05, 0.1) is 0 Å². The van der Waals surface area contributed by atoms with E-state index in [2.05, 4.69) is 19.1 Å². The Hall–Kier alpha value is -0.760. The van der Waals surface area contributed by atoms with Crippen molar-refractivity contribution in [1.29, 1.82) is 0 Å². The summed E-state index contributed by atoms with van der Waals surface area (Å²) in [6.45, 7) is 3.03. The third kappa shape index (κ3) is 5.36. The van der Waals surface area contributed by atoms with Crippen LogP contribution in [0.4, 0.5) is 0 Å². The maximum absolute atomic E-state index is 5.78. The quantitative estimate of drug-likeness (QED) is 0.649. The van der Waals surface area contributed by atoms with E-state index in [1.54, 1.807) is 0 Å². The first-order valence-electron chi connectivity index (χ1n) is 6.64. The van der Waals surface area contributed by atoms with Crippen molar-refractivity contribution in [2.45, 2.75) is 58.3 Å². The average molecular weight is 223 g/mol. The molecule has 0 saturated heterocycles. The molecular weight excluding hydrogens is 198 g/mol. The second kappa shape index (κ2) is 8.40. The minimum Gasteiger partial charge on any atom is -0.466 e. The van der Waals surface area contributed by atoms with Crippen molar-refractivity contribution in [3.63, 3.8) is 0 Å². The normalized spacial score (nSPS) is 10.9. The molecule has 0 spiro atoms. The lowest BCUT2D eigenvalue weighted by Crippen LogP contribution is -1.98. The van der Waals surface area contributed by atoms with Crippen LogP contribution in [-0.2, 0) is 12.8 Å². The van der Waals surface area contributed by atoms with Crippen LogP contribution in [0, 0.1) is 0 Å². The highest BCUT2D eigenvalue weighted by Crippen LogP contribution is 2.14. The summed E-state index contributed by atoms with van der Waals surface area (Å²) in [4.78, 5) is 0. The second-order valence-electron chi connectivity index (χ2n) is 4.42. The number of hydrogen-bond donors (Lipinski definition) is 1. The van der Waals surface area contributed by atoms with E-state index in [1.165, 1.54) is 32.1 Å². The van der Waals surface area contributed by atoms with Crippen LogP contribution in [-0.4, -0.2) is 6.54 Å². The Kier molecular flexibility index (Phi) is 6.98. The molecule has 0 aliphatic carbocycles. The van der Waals surface area contributed by atoms with E-state index in [4.69, 9.17) is 10.2 Å². The summed E-state index contributed by atoms with van der Waals surface area (Å²) in [5, 5.41) is 0. The highest BCUT2D eigenvalue weighted by molar-refractivity contribution is 5.07. The minimum absolute atomic E-state index is 0.806. The zero-order valence-corrected chi connectivity index (χ0v) is 10.5. The lowest BCUT2D eigenvalue weighted by Gasteiger charge is -1.98. The fourth-order valence-corrected chi connectivity index (χ4v) is 1.86. The van der Waals surface area contributed by atoms with Gasteiger partial charge in [-0.05, 0) is 37.9 Å². The maximum Gasteiger partial charge on any atom is 0.104 e. The van der Waals surface area contributed by atoms with Gasteiger partial charge in [-0.2, -0.15) is 0 Å². The molecule has 2 N–H and O–H groups in total. The summed E-state index contributed by atoms with van der Waals surface area (Å²) in [7, 11) is 0. The van der Waals surface area contributed by atoms with E-state index < -0.39 is 0 Å². The van der Waals surface area contributed by atoms with Crippen LogP contribution in [0.3, 0.4) is 0 Å². The number of hydrogen-bond acceptors (Lipinski definition) is 2. The van der Waals surface area contributed by atoms with Gasteiger partial charge in [-0.1, -0.05) is 26.2 Å². The summed E-state index contributed by atoms with van der Waals surface area (Å²) in [6, 6.07) is 4.26. The molecule has 1 aromatic rings. The lowest BCUT2D eigenvalue weighted by molar-refractivity contribution is 0.449.